The molecule has 4 atom stereocenters. The molecule has 3 heterocycles. The predicted octanol–water partition coefficient (Wildman–Crippen LogP) is 1.39. The second kappa shape index (κ2) is 4.41. The Balaban J connectivity index is 1.75. The first-order valence-corrected chi connectivity index (χ1v) is 7.57. The summed E-state index contributed by atoms with van der Waals surface area (Å²) >= 11 is 0. The molecule has 0 amide bonds. The summed E-state index contributed by atoms with van der Waals surface area (Å²) in [4.78, 5) is 14.3. The molecule has 0 radical (unpaired) electrons. The molecule has 0 N–H and O–H groups in total. The van der Waals surface area contributed by atoms with Gasteiger partial charge >= 0.3 is 5.97 Å². The minimum atomic E-state index is -0.429. The fraction of sp³-hybridized carbons (Fsp3) is 0.688. The van der Waals surface area contributed by atoms with E-state index < -0.39 is 5.60 Å². The fourth-order valence-corrected chi connectivity index (χ4v) is 4.92. The van der Waals surface area contributed by atoms with E-state index in [1.807, 2.05) is 0 Å². The van der Waals surface area contributed by atoms with E-state index in [4.69, 9.17) is 14.2 Å². The molecule has 0 aromatic rings. The van der Waals surface area contributed by atoms with Crippen LogP contribution in [0.3, 0.4) is 0 Å². The van der Waals surface area contributed by atoms with Crippen LogP contribution >= 0.6 is 0 Å². The summed E-state index contributed by atoms with van der Waals surface area (Å²) in [6, 6.07) is 0.766. The van der Waals surface area contributed by atoms with Crippen LogP contribution in [0.1, 0.15) is 26.2 Å². The number of hydrogen-bond donors (Lipinski definition) is 0. The standard InChI is InChI=1S/C16H21NO4/c1-9-6-10-8-16(11(9)7-14(18)21-16)13-5-4-12(17(10)13)15(19-2)20-3/h6-7,10,12-13,15H,4-5,8H2,1-3H3. The number of rotatable bonds is 3. The van der Waals surface area contributed by atoms with Crippen LogP contribution in [-0.2, 0) is 19.0 Å². The van der Waals surface area contributed by atoms with Crippen LogP contribution < -0.4 is 0 Å². The first-order valence-electron chi connectivity index (χ1n) is 7.57. The summed E-state index contributed by atoms with van der Waals surface area (Å²) in [6.45, 7) is 2.08. The number of ether oxygens (including phenoxy) is 3. The van der Waals surface area contributed by atoms with Crippen molar-refractivity contribution < 1.29 is 19.0 Å². The minimum absolute atomic E-state index is 0.196. The van der Waals surface area contributed by atoms with E-state index in [0.717, 1.165) is 24.8 Å². The lowest BCUT2D eigenvalue weighted by atomic mass is 9.77. The largest absolute Gasteiger partial charge is 0.449 e. The zero-order valence-electron chi connectivity index (χ0n) is 12.7. The molecule has 0 saturated carbocycles. The number of carbonyl (C=O) groups excluding carboxylic acids is 1. The minimum Gasteiger partial charge on any atom is -0.449 e. The molecule has 4 aliphatic rings. The van der Waals surface area contributed by atoms with Crippen molar-refractivity contribution in [2.45, 2.75) is 56.2 Å². The molecular weight excluding hydrogens is 270 g/mol. The zero-order valence-corrected chi connectivity index (χ0v) is 12.7. The van der Waals surface area contributed by atoms with Crippen molar-refractivity contribution in [3.8, 4) is 0 Å². The third-order valence-corrected chi connectivity index (χ3v) is 5.56. The van der Waals surface area contributed by atoms with Crippen LogP contribution in [0.25, 0.3) is 0 Å². The van der Waals surface area contributed by atoms with Gasteiger partial charge in [-0.25, -0.2) is 4.79 Å². The highest BCUT2D eigenvalue weighted by Gasteiger charge is 2.64. The van der Waals surface area contributed by atoms with Crippen molar-refractivity contribution in [3.63, 3.8) is 0 Å². The monoisotopic (exact) mass is 291 g/mol. The van der Waals surface area contributed by atoms with Gasteiger partial charge < -0.3 is 14.2 Å². The van der Waals surface area contributed by atoms with E-state index in [9.17, 15) is 4.79 Å². The van der Waals surface area contributed by atoms with Crippen molar-refractivity contribution in [2.24, 2.45) is 0 Å². The van der Waals surface area contributed by atoms with E-state index in [1.165, 1.54) is 5.57 Å². The molecule has 2 saturated heterocycles. The SMILES string of the molecule is COC(OC)C1CCC2N1C1C=C(C)C3=CC(=O)OC32C1. The molecule has 1 spiro atoms. The second-order valence-corrected chi connectivity index (χ2v) is 6.44. The molecule has 2 fully saturated rings. The van der Waals surface area contributed by atoms with Gasteiger partial charge in [0.05, 0.1) is 12.1 Å². The highest BCUT2D eigenvalue weighted by molar-refractivity contribution is 5.89. The number of esters is 1. The van der Waals surface area contributed by atoms with Gasteiger partial charge in [0.1, 0.15) is 0 Å². The van der Waals surface area contributed by atoms with Crippen LogP contribution in [0, 0.1) is 0 Å². The maximum absolute atomic E-state index is 11.9. The van der Waals surface area contributed by atoms with Crippen molar-refractivity contribution in [1.29, 1.82) is 0 Å². The molecule has 21 heavy (non-hydrogen) atoms. The third-order valence-electron chi connectivity index (χ3n) is 5.56. The number of methoxy groups -OCH3 is 2. The molecule has 4 rings (SSSR count). The van der Waals surface area contributed by atoms with Gasteiger partial charge in [0.2, 0.25) is 0 Å². The summed E-state index contributed by atoms with van der Waals surface area (Å²) < 4.78 is 16.8. The average Bonchev–Trinajstić information content (AvgIpc) is 3.08. The molecule has 1 aliphatic carbocycles. The maximum atomic E-state index is 11.9. The number of hydrogen-bond acceptors (Lipinski definition) is 5. The number of nitrogens with zero attached hydrogens (tertiary/aromatic N) is 1. The molecule has 3 aliphatic heterocycles. The highest BCUT2D eigenvalue weighted by atomic mass is 16.7. The topological polar surface area (TPSA) is 48.0 Å². The Kier molecular flexibility index (Phi) is 2.83. The Labute approximate surface area is 124 Å². The van der Waals surface area contributed by atoms with Gasteiger partial charge in [-0.15, -0.1) is 0 Å². The molecular formula is C16H21NO4. The molecule has 5 heteroatoms. The summed E-state index contributed by atoms with van der Waals surface area (Å²) in [5, 5.41) is 0. The second-order valence-electron chi connectivity index (χ2n) is 6.44. The number of fused-ring (bicyclic) bond motifs is 3. The van der Waals surface area contributed by atoms with Crippen LogP contribution in [0.2, 0.25) is 0 Å². The number of carbonyl (C=O) groups is 1. The Bertz CT molecular complexity index is 550. The van der Waals surface area contributed by atoms with Crippen molar-refractivity contribution >= 4 is 5.97 Å². The van der Waals surface area contributed by atoms with Crippen LogP contribution in [0.5, 0.6) is 0 Å². The normalized spacial score (nSPS) is 41.0. The quantitative estimate of drug-likeness (QED) is 0.581. The third kappa shape index (κ3) is 1.59. The smallest absolute Gasteiger partial charge is 0.332 e. The van der Waals surface area contributed by atoms with E-state index in [2.05, 4.69) is 17.9 Å². The van der Waals surface area contributed by atoms with Crippen molar-refractivity contribution in [1.82, 2.24) is 4.90 Å². The zero-order chi connectivity index (χ0) is 14.8. The van der Waals surface area contributed by atoms with E-state index >= 15 is 0 Å². The lowest BCUT2D eigenvalue weighted by Gasteiger charge is -2.34. The van der Waals surface area contributed by atoms with Gasteiger partial charge in [-0.05, 0) is 25.3 Å². The van der Waals surface area contributed by atoms with Gasteiger partial charge in [-0.2, -0.15) is 0 Å². The highest BCUT2D eigenvalue weighted by Crippen LogP contribution is 2.55. The Morgan fingerprint density at radius 3 is 2.86 bits per heavy atom. The van der Waals surface area contributed by atoms with Gasteiger partial charge in [0.15, 0.2) is 11.9 Å². The van der Waals surface area contributed by atoms with Gasteiger partial charge in [0.25, 0.3) is 0 Å². The Morgan fingerprint density at radius 1 is 1.38 bits per heavy atom. The van der Waals surface area contributed by atoms with Gasteiger partial charge in [0, 0.05) is 38.3 Å². The van der Waals surface area contributed by atoms with Crippen molar-refractivity contribution in [2.75, 3.05) is 14.2 Å². The molecule has 4 unspecified atom stereocenters. The van der Waals surface area contributed by atoms with Crippen molar-refractivity contribution in [3.05, 3.63) is 23.3 Å². The fourth-order valence-electron chi connectivity index (χ4n) is 4.92. The first kappa shape index (κ1) is 13.5. The summed E-state index contributed by atoms with van der Waals surface area (Å²) in [7, 11) is 3.37. The molecule has 0 aromatic heterocycles. The molecule has 5 nitrogen and oxygen atoms in total. The Hall–Kier alpha value is -1.17. The van der Waals surface area contributed by atoms with E-state index in [1.54, 1.807) is 20.3 Å². The van der Waals surface area contributed by atoms with E-state index in [0.29, 0.717) is 6.04 Å². The lowest BCUT2D eigenvalue weighted by Crippen LogP contribution is -2.48. The van der Waals surface area contributed by atoms with E-state index in [-0.39, 0.29) is 24.3 Å². The van der Waals surface area contributed by atoms with Gasteiger partial charge in [-0.1, -0.05) is 6.08 Å². The molecule has 114 valence electrons. The van der Waals surface area contributed by atoms with Crippen LogP contribution in [0.4, 0.5) is 0 Å². The van der Waals surface area contributed by atoms with Crippen LogP contribution in [-0.4, -0.2) is 55.1 Å². The first-order chi connectivity index (χ1) is 10.1. The summed E-state index contributed by atoms with van der Waals surface area (Å²) in [5.74, 6) is -0.196. The van der Waals surface area contributed by atoms with Gasteiger partial charge in [-0.3, -0.25) is 4.90 Å². The Morgan fingerprint density at radius 2 is 2.14 bits per heavy atom. The lowest BCUT2D eigenvalue weighted by molar-refractivity contribution is -0.151. The summed E-state index contributed by atoms with van der Waals surface area (Å²) in [6.07, 6.45) is 6.60. The summed E-state index contributed by atoms with van der Waals surface area (Å²) in [5.41, 5.74) is 1.83. The molecule has 2 bridgehead atoms. The van der Waals surface area contributed by atoms with Crippen LogP contribution in [0.15, 0.2) is 23.3 Å². The maximum Gasteiger partial charge on any atom is 0.332 e. The molecule has 0 aromatic carbocycles. The predicted molar refractivity (Wildman–Crippen MR) is 75.5 cm³/mol. The average molecular weight is 291 g/mol.